The van der Waals surface area contributed by atoms with Gasteiger partial charge in [0.05, 0.1) is 0 Å². The Morgan fingerprint density at radius 1 is 1.25 bits per heavy atom. The molecule has 0 bridgehead atoms. The third kappa shape index (κ3) is 0.240. The summed E-state index contributed by atoms with van der Waals surface area (Å²) in [6.45, 7) is 7.13. The molecule has 2 atom stereocenters. The van der Waals surface area contributed by atoms with Crippen LogP contribution in [0.5, 0.6) is 0 Å². The summed E-state index contributed by atoms with van der Waals surface area (Å²) in [5.41, 5.74) is 0.875. The molecule has 0 saturated heterocycles. The third-order valence-corrected chi connectivity index (χ3v) is 3.79. The lowest BCUT2D eigenvalue weighted by Gasteiger charge is -2.08. The Labute approximate surface area is 51.3 Å². The first-order chi connectivity index (χ1) is 3.75. The van der Waals surface area contributed by atoms with Gasteiger partial charge in [0.25, 0.3) is 0 Å². The molecule has 2 aliphatic carbocycles. The van der Waals surface area contributed by atoms with E-state index >= 15 is 0 Å². The predicted molar refractivity (Wildman–Crippen MR) is 34.5 cm³/mol. The van der Waals surface area contributed by atoms with Crippen LogP contribution in [-0.4, -0.2) is 0 Å². The molecule has 0 aromatic heterocycles. The van der Waals surface area contributed by atoms with Crippen LogP contribution in [0.2, 0.25) is 0 Å². The Morgan fingerprint density at radius 2 is 1.75 bits per heavy atom. The Bertz CT molecular complexity index is 116. The molecule has 0 aromatic rings. The van der Waals surface area contributed by atoms with E-state index in [1.807, 2.05) is 0 Å². The minimum Gasteiger partial charge on any atom is -0.0648 e. The highest BCUT2D eigenvalue weighted by Gasteiger charge is 2.80. The van der Waals surface area contributed by atoms with Gasteiger partial charge in [-0.25, -0.2) is 0 Å². The summed E-state index contributed by atoms with van der Waals surface area (Å²) in [6, 6.07) is 0. The molecule has 2 fully saturated rings. The Hall–Kier alpha value is 0. The van der Waals surface area contributed by atoms with E-state index in [1.165, 1.54) is 6.42 Å². The molecule has 0 nitrogen and oxygen atoms in total. The molecule has 0 N–H and O–H groups in total. The molecule has 2 unspecified atom stereocenters. The van der Waals surface area contributed by atoms with Gasteiger partial charge in [-0.05, 0) is 29.6 Å². The highest BCUT2D eigenvalue weighted by Crippen LogP contribution is 2.85. The summed E-state index contributed by atoms with van der Waals surface area (Å²) in [5.74, 6) is 3.32. The van der Waals surface area contributed by atoms with Crippen LogP contribution in [0.25, 0.3) is 0 Å². The van der Waals surface area contributed by atoms with Crippen LogP contribution in [0.3, 0.4) is 0 Å². The maximum atomic E-state index is 2.40. The molecule has 0 spiro atoms. The standard InChI is InChI=1S/C8H14/c1-4-8-5(2)7(8)6(8)3/h5-7H,4H2,1-3H3. The van der Waals surface area contributed by atoms with Crippen molar-refractivity contribution < 1.29 is 0 Å². The molecule has 0 heterocycles. The van der Waals surface area contributed by atoms with Crippen LogP contribution in [0, 0.1) is 23.2 Å². The minimum atomic E-state index is 0.875. The van der Waals surface area contributed by atoms with Crippen molar-refractivity contribution >= 4 is 0 Å². The predicted octanol–water partition coefficient (Wildman–Crippen LogP) is 2.30. The zero-order chi connectivity index (χ0) is 5.94. The van der Waals surface area contributed by atoms with Crippen LogP contribution >= 0.6 is 0 Å². The molecule has 2 rings (SSSR count). The second kappa shape index (κ2) is 0.984. The van der Waals surface area contributed by atoms with Gasteiger partial charge in [-0.2, -0.15) is 0 Å². The summed E-state index contributed by atoms with van der Waals surface area (Å²) in [6.07, 6.45) is 1.43. The van der Waals surface area contributed by atoms with Crippen molar-refractivity contribution in [1.29, 1.82) is 0 Å². The first-order valence-corrected chi connectivity index (χ1v) is 3.75. The molecule has 0 radical (unpaired) electrons. The van der Waals surface area contributed by atoms with E-state index in [9.17, 15) is 0 Å². The van der Waals surface area contributed by atoms with Gasteiger partial charge >= 0.3 is 0 Å². The van der Waals surface area contributed by atoms with Gasteiger partial charge in [0.1, 0.15) is 0 Å². The van der Waals surface area contributed by atoms with E-state index in [0.717, 1.165) is 23.2 Å². The number of hydrogen-bond donors (Lipinski definition) is 0. The second-order valence-corrected chi connectivity index (χ2v) is 3.57. The quantitative estimate of drug-likeness (QED) is 0.486. The van der Waals surface area contributed by atoms with E-state index in [1.54, 1.807) is 0 Å². The van der Waals surface area contributed by atoms with Gasteiger partial charge in [0, 0.05) is 0 Å². The van der Waals surface area contributed by atoms with E-state index in [-0.39, 0.29) is 0 Å². The zero-order valence-electron chi connectivity index (χ0n) is 5.94. The lowest BCUT2D eigenvalue weighted by molar-refractivity contribution is 0.408. The molecular formula is C8H14. The van der Waals surface area contributed by atoms with Gasteiger partial charge in [-0.3, -0.25) is 0 Å². The molecule has 2 saturated carbocycles. The highest BCUT2D eigenvalue weighted by molar-refractivity contribution is 5.27. The molecule has 0 heteroatoms. The van der Waals surface area contributed by atoms with Crippen molar-refractivity contribution in [2.24, 2.45) is 23.2 Å². The molecule has 0 aromatic carbocycles. The van der Waals surface area contributed by atoms with Crippen molar-refractivity contribution in [3.8, 4) is 0 Å². The topological polar surface area (TPSA) is 0 Å². The Morgan fingerprint density at radius 3 is 1.75 bits per heavy atom. The zero-order valence-corrected chi connectivity index (χ0v) is 5.94. The van der Waals surface area contributed by atoms with Gasteiger partial charge in [0.2, 0.25) is 0 Å². The minimum absolute atomic E-state index is 0.875. The van der Waals surface area contributed by atoms with Crippen LogP contribution in [0.15, 0.2) is 0 Å². The fourth-order valence-electron chi connectivity index (χ4n) is 2.99. The Balaban J connectivity index is 2.10. The Kier molecular flexibility index (Phi) is 0.595. The summed E-state index contributed by atoms with van der Waals surface area (Å²) in [5, 5.41) is 0. The number of fused-ring (bicyclic) bond motifs is 1. The van der Waals surface area contributed by atoms with Crippen molar-refractivity contribution in [1.82, 2.24) is 0 Å². The largest absolute Gasteiger partial charge is 0.0648 e. The van der Waals surface area contributed by atoms with E-state index < -0.39 is 0 Å². The van der Waals surface area contributed by atoms with Crippen molar-refractivity contribution in [2.45, 2.75) is 27.2 Å². The number of rotatable bonds is 1. The molecule has 2 aliphatic rings. The molecule has 46 valence electrons. The fourth-order valence-corrected chi connectivity index (χ4v) is 2.99. The van der Waals surface area contributed by atoms with Crippen molar-refractivity contribution in [3.63, 3.8) is 0 Å². The van der Waals surface area contributed by atoms with Gasteiger partial charge in [-0.15, -0.1) is 0 Å². The molecule has 0 aliphatic heterocycles. The third-order valence-electron chi connectivity index (χ3n) is 3.79. The van der Waals surface area contributed by atoms with Gasteiger partial charge in [-0.1, -0.05) is 20.8 Å². The monoisotopic (exact) mass is 110 g/mol. The summed E-state index contributed by atoms with van der Waals surface area (Å²) in [7, 11) is 0. The SMILES string of the molecule is CCC12C(C)C1C2C. The molecular weight excluding hydrogens is 96.1 g/mol. The lowest BCUT2D eigenvalue weighted by Crippen LogP contribution is -2.01. The lowest BCUT2D eigenvalue weighted by atomic mass is 9.97. The number of hydrogen-bond acceptors (Lipinski definition) is 0. The van der Waals surface area contributed by atoms with E-state index in [0.29, 0.717) is 0 Å². The smallest absolute Gasteiger partial charge is 0.0209 e. The van der Waals surface area contributed by atoms with Crippen LogP contribution in [0.1, 0.15) is 27.2 Å². The summed E-state index contributed by atoms with van der Waals surface area (Å²) >= 11 is 0. The fraction of sp³-hybridized carbons (Fsp3) is 1.00. The van der Waals surface area contributed by atoms with Crippen LogP contribution < -0.4 is 0 Å². The van der Waals surface area contributed by atoms with Crippen LogP contribution in [-0.2, 0) is 0 Å². The average Bonchev–Trinajstić information content (AvgIpc) is 2.56. The van der Waals surface area contributed by atoms with Crippen molar-refractivity contribution in [3.05, 3.63) is 0 Å². The summed E-state index contributed by atoms with van der Waals surface area (Å²) in [4.78, 5) is 0. The molecule has 8 heavy (non-hydrogen) atoms. The first kappa shape index (κ1) is 4.84. The van der Waals surface area contributed by atoms with Crippen molar-refractivity contribution in [2.75, 3.05) is 0 Å². The maximum absolute atomic E-state index is 2.40. The second-order valence-electron chi connectivity index (χ2n) is 3.57. The highest BCUT2D eigenvalue weighted by atomic mass is 14.8. The summed E-state index contributed by atoms with van der Waals surface area (Å²) < 4.78 is 0. The normalized spacial score (nSPS) is 67.1. The van der Waals surface area contributed by atoms with Gasteiger partial charge < -0.3 is 0 Å². The van der Waals surface area contributed by atoms with E-state index in [2.05, 4.69) is 20.8 Å². The van der Waals surface area contributed by atoms with Gasteiger partial charge in [0.15, 0.2) is 0 Å². The van der Waals surface area contributed by atoms with E-state index in [4.69, 9.17) is 0 Å². The average molecular weight is 110 g/mol. The molecule has 0 amide bonds. The maximum Gasteiger partial charge on any atom is -0.0209 e. The first-order valence-electron chi connectivity index (χ1n) is 3.75. The van der Waals surface area contributed by atoms with Crippen LogP contribution in [0.4, 0.5) is 0 Å².